The highest BCUT2D eigenvalue weighted by Gasteiger charge is 2.21. The summed E-state index contributed by atoms with van der Waals surface area (Å²) in [6.07, 6.45) is 3.82. The molecule has 1 aromatic carbocycles. The second kappa shape index (κ2) is 5.90. The average molecular weight is 275 g/mol. The zero-order valence-electron chi connectivity index (χ0n) is 11.9. The summed E-state index contributed by atoms with van der Waals surface area (Å²) in [5.74, 6) is -0.287. The quantitative estimate of drug-likeness (QED) is 0.790. The van der Waals surface area contributed by atoms with E-state index in [0.717, 1.165) is 0 Å². The molecule has 106 valence electrons. The van der Waals surface area contributed by atoms with Gasteiger partial charge in [-0.3, -0.25) is 4.79 Å². The number of carbonyl (C=O) groups excluding carboxylic acids is 1. The van der Waals surface area contributed by atoms with Crippen LogP contribution in [0.1, 0.15) is 31.3 Å². The van der Waals surface area contributed by atoms with Crippen LogP contribution in [0.2, 0.25) is 0 Å². The summed E-state index contributed by atoms with van der Waals surface area (Å²) in [5, 5.41) is 0.600. The summed E-state index contributed by atoms with van der Waals surface area (Å²) in [4.78, 5) is 14.2. The third kappa shape index (κ3) is 2.90. The highest BCUT2D eigenvalue weighted by Crippen LogP contribution is 2.22. The van der Waals surface area contributed by atoms with Gasteiger partial charge in [-0.1, -0.05) is 12.2 Å². The summed E-state index contributed by atoms with van der Waals surface area (Å²) >= 11 is 0. The Hall–Kier alpha value is -2.10. The lowest BCUT2D eigenvalue weighted by molar-refractivity contribution is 0.0698. The van der Waals surface area contributed by atoms with Gasteiger partial charge in [-0.05, 0) is 45.0 Å². The van der Waals surface area contributed by atoms with Gasteiger partial charge >= 0.3 is 0 Å². The van der Waals surface area contributed by atoms with Crippen molar-refractivity contribution in [1.29, 1.82) is 0 Å². The fourth-order valence-corrected chi connectivity index (χ4v) is 2.01. The van der Waals surface area contributed by atoms with Crippen molar-refractivity contribution >= 4 is 16.9 Å². The third-order valence-corrected chi connectivity index (χ3v) is 3.11. The summed E-state index contributed by atoms with van der Waals surface area (Å²) in [7, 11) is 0. The minimum absolute atomic E-state index is 0.0589. The molecule has 0 aliphatic carbocycles. The maximum absolute atomic E-state index is 13.2. The van der Waals surface area contributed by atoms with E-state index in [1.54, 1.807) is 11.0 Å². The molecule has 0 saturated heterocycles. The van der Waals surface area contributed by atoms with Crippen molar-refractivity contribution in [3.8, 4) is 0 Å². The van der Waals surface area contributed by atoms with E-state index >= 15 is 0 Å². The lowest BCUT2D eigenvalue weighted by atomic mass is 10.2. The fraction of sp³-hybridized carbons (Fsp3) is 0.312. The molecule has 0 bridgehead atoms. The molecule has 0 aliphatic rings. The molecule has 20 heavy (non-hydrogen) atoms. The van der Waals surface area contributed by atoms with E-state index in [-0.39, 0.29) is 23.5 Å². The summed E-state index contributed by atoms with van der Waals surface area (Å²) in [5.41, 5.74) is 0.518. The van der Waals surface area contributed by atoms with E-state index in [9.17, 15) is 9.18 Å². The molecule has 0 fully saturated rings. The number of fused-ring (bicyclic) bond motifs is 1. The first-order chi connectivity index (χ1) is 9.52. The van der Waals surface area contributed by atoms with E-state index in [1.165, 1.54) is 18.2 Å². The molecule has 0 unspecified atom stereocenters. The zero-order valence-corrected chi connectivity index (χ0v) is 11.9. The Kier molecular flexibility index (Phi) is 4.23. The molecule has 0 aliphatic heterocycles. The molecule has 2 rings (SSSR count). The Bertz CT molecular complexity index is 643. The number of allylic oxidation sites excluding steroid dienone is 1. The second-order valence-corrected chi connectivity index (χ2v) is 4.91. The number of hydrogen-bond donors (Lipinski definition) is 0. The van der Waals surface area contributed by atoms with Crippen LogP contribution < -0.4 is 0 Å². The molecule has 0 radical (unpaired) electrons. The van der Waals surface area contributed by atoms with Crippen LogP contribution in [0.4, 0.5) is 4.39 Å². The lowest BCUT2D eigenvalue weighted by Crippen LogP contribution is -2.36. The van der Waals surface area contributed by atoms with Crippen LogP contribution in [0.25, 0.3) is 11.0 Å². The maximum Gasteiger partial charge on any atom is 0.290 e. The number of rotatable bonds is 4. The van der Waals surface area contributed by atoms with Crippen LogP contribution in [0.3, 0.4) is 0 Å². The minimum atomic E-state index is -0.341. The predicted octanol–water partition coefficient (Wildman–Crippen LogP) is 4.00. The predicted molar refractivity (Wildman–Crippen MR) is 77.2 cm³/mol. The average Bonchev–Trinajstić information content (AvgIpc) is 2.81. The van der Waals surface area contributed by atoms with Gasteiger partial charge in [0.15, 0.2) is 5.76 Å². The van der Waals surface area contributed by atoms with Gasteiger partial charge in [-0.2, -0.15) is 0 Å². The van der Waals surface area contributed by atoms with Gasteiger partial charge in [0.1, 0.15) is 11.4 Å². The van der Waals surface area contributed by atoms with E-state index in [1.807, 2.05) is 32.9 Å². The number of nitrogens with zero attached hydrogens (tertiary/aromatic N) is 1. The Morgan fingerprint density at radius 1 is 1.40 bits per heavy atom. The van der Waals surface area contributed by atoms with Crippen LogP contribution in [-0.4, -0.2) is 23.4 Å². The van der Waals surface area contributed by atoms with Crippen molar-refractivity contribution < 1.29 is 13.6 Å². The third-order valence-electron chi connectivity index (χ3n) is 3.11. The summed E-state index contributed by atoms with van der Waals surface area (Å²) < 4.78 is 18.7. The van der Waals surface area contributed by atoms with Crippen LogP contribution >= 0.6 is 0 Å². The monoisotopic (exact) mass is 275 g/mol. The van der Waals surface area contributed by atoms with E-state index in [0.29, 0.717) is 17.5 Å². The maximum atomic E-state index is 13.2. The molecular formula is C16H18FNO2. The first kappa shape index (κ1) is 14.3. The van der Waals surface area contributed by atoms with Gasteiger partial charge in [-0.25, -0.2) is 4.39 Å². The topological polar surface area (TPSA) is 33.5 Å². The van der Waals surface area contributed by atoms with E-state index in [2.05, 4.69) is 0 Å². The normalized spacial score (nSPS) is 11.7. The number of halogens is 1. The SMILES string of the molecule is C/C=C/CN(C(=O)c1cc2cc(F)ccc2o1)C(C)C. The molecule has 2 aromatic rings. The summed E-state index contributed by atoms with van der Waals surface area (Å²) in [6.45, 7) is 6.33. The number of carbonyl (C=O) groups is 1. The van der Waals surface area contributed by atoms with E-state index < -0.39 is 0 Å². The first-order valence-electron chi connectivity index (χ1n) is 6.64. The van der Waals surface area contributed by atoms with Gasteiger partial charge in [0.25, 0.3) is 5.91 Å². The molecule has 0 spiro atoms. The highest BCUT2D eigenvalue weighted by molar-refractivity contribution is 5.96. The first-order valence-corrected chi connectivity index (χ1v) is 6.64. The largest absolute Gasteiger partial charge is 0.451 e. The van der Waals surface area contributed by atoms with Crippen LogP contribution in [0.15, 0.2) is 40.8 Å². The Morgan fingerprint density at radius 2 is 2.15 bits per heavy atom. The molecule has 0 N–H and O–H groups in total. The zero-order chi connectivity index (χ0) is 14.7. The standard InChI is InChI=1S/C16H18FNO2/c1-4-5-8-18(11(2)3)16(19)15-10-12-9-13(17)6-7-14(12)20-15/h4-7,9-11H,8H2,1-3H3/b5-4+. The van der Waals surface area contributed by atoms with Gasteiger partial charge < -0.3 is 9.32 Å². The molecule has 1 amide bonds. The Morgan fingerprint density at radius 3 is 2.80 bits per heavy atom. The van der Waals surface area contributed by atoms with Crippen molar-refractivity contribution in [1.82, 2.24) is 4.90 Å². The van der Waals surface area contributed by atoms with Gasteiger partial charge in [-0.15, -0.1) is 0 Å². The molecule has 0 saturated carbocycles. The van der Waals surface area contributed by atoms with Crippen molar-refractivity contribution in [3.05, 3.63) is 48.0 Å². The van der Waals surface area contributed by atoms with Gasteiger partial charge in [0, 0.05) is 18.0 Å². The molecule has 1 heterocycles. The fourth-order valence-electron chi connectivity index (χ4n) is 2.01. The second-order valence-electron chi connectivity index (χ2n) is 4.91. The van der Waals surface area contributed by atoms with Gasteiger partial charge in [0.05, 0.1) is 0 Å². The van der Waals surface area contributed by atoms with Crippen molar-refractivity contribution in [2.45, 2.75) is 26.8 Å². The number of benzene rings is 1. The van der Waals surface area contributed by atoms with Crippen molar-refractivity contribution in [2.75, 3.05) is 6.54 Å². The van der Waals surface area contributed by atoms with Gasteiger partial charge in [0.2, 0.25) is 0 Å². The Balaban J connectivity index is 2.33. The van der Waals surface area contributed by atoms with Crippen molar-refractivity contribution in [2.24, 2.45) is 0 Å². The number of furan rings is 1. The highest BCUT2D eigenvalue weighted by atomic mass is 19.1. The molecular weight excluding hydrogens is 257 g/mol. The van der Waals surface area contributed by atoms with Crippen molar-refractivity contribution in [3.63, 3.8) is 0 Å². The molecule has 0 atom stereocenters. The Labute approximate surface area is 117 Å². The molecule has 1 aromatic heterocycles. The van der Waals surface area contributed by atoms with E-state index in [4.69, 9.17) is 4.42 Å². The lowest BCUT2D eigenvalue weighted by Gasteiger charge is -2.24. The minimum Gasteiger partial charge on any atom is -0.451 e. The van der Waals surface area contributed by atoms with Crippen LogP contribution in [0.5, 0.6) is 0 Å². The molecule has 3 nitrogen and oxygen atoms in total. The van der Waals surface area contributed by atoms with Crippen LogP contribution in [0, 0.1) is 5.82 Å². The number of amides is 1. The number of hydrogen-bond acceptors (Lipinski definition) is 2. The summed E-state index contributed by atoms with van der Waals surface area (Å²) in [6, 6.07) is 5.86. The van der Waals surface area contributed by atoms with Crippen LogP contribution in [-0.2, 0) is 0 Å². The smallest absolute Gasteiger partial charge is 0.290 e. The molecule has 4 heteroatoms.